The third-order valence-electron chi connectivity index (χ3n) is 2.89. The summed E-state index contributed by atoms with van der Waals surface area (Å²) < 4.78 is 6.17. The normalized spacial score (nSPS) is 17.5. The van der Waals surface area contributed by atoms with Crippen LogP contribution in [0.15, 0.2) is 22.7 Å². The van der Waals surface area contributed by atoms with Gasteiger partial charge in [-0.2, -0.15) is 0 Å². The zero-order valence-electron chi connectivity index (χ0n) is 8.87. The second-order valence-electron chi connectivity index (χ2n) is 4.18. The van der Waals surface area contributed by atoms with Crippen molar-refractivity contribution in [3.8, 4) is 5.75 Å². The summed E-state index contributed by atoms with van der Waals surface area (Å²) in [5, 5.41) is 0. The van der Waals surface area contributed by atoms with E-state index in [2.05, 4.69) is 28.1 Å². The zero-order valence-corrected chi connectivity index (χ0v) is 10.5. The van der Waals surface area contributed by atoms with Crippen molar-refractivity contribution < 1.29 is 4.74 Å². The van der Waals surface area contributed by atoms with Crippen LogP contribution in [0.1, 0.15) is 30.9 Å². The number of rotatable bonds is 4. The number of hydrogen-bond acceptors (Lipinski definition) is 2. The van der Waals surface area contributed by atoms with E-state index >= 15 is 0 Å². The first-order valence-corrected chi connectivity index (χ1v) is 6.09. The lowest BCUT2D eigenvalue weighted by Gasteiger charge is -2.13. The van der Waals surface area contributed by atoms with Crippen LogP contribution in [0.3, 0.4) is 0 Å². The lowest BCUT2D eigenvalue weighted by molar-refractivity contribution is 0.411. The van der Waals surface area contributed by atoms with E-state index in [0.29, 0.717) is 0 Å². The maximum atomic E-state index is 6.13. The molecule has 1 saturated carbocycles. The van der Waals surface area contributed by atoms with E-state index < -0.39 is 0 Å². The molecule has 1 fully saturated rings. The van der Waals surface area contributed by atoms with Gasteiger partial charge in [-0.05, 0) is 46.0 Å². The molecule has 0 saturated heterocycles. The van der Waals surface area contributed by atoms with Crippen molar-refractivity contribution in [3.63, 3.8) is 0 Å². The fraction of sp³-hybridized carbons (Fsp3) is 0.500. The molecule has 1 atom stereocenters. The molecular weight excluding hydrogens is 254 g/mol. The number of hydrogen-bond donors (Lipinski definition) is 1. The van der Waals surface area contributed by atoms with Crippen LogP contribution in [-0.4, -0.2) is 7.11 Å². The van der Waals surface area contributed by atoms with Gasteiger partial charge in [0.1, 0.15) is 5.75 Å². The Labute approximate surface area is 98.9 Å². The predicted molar refractivity (Wildman–Crippen MR) is 65.0 cm³/mol. The van der Waals surface area contributed by atoms with Crippen molar-refractivity contribution in [2.45, 2.75) is 25.3 Å². The largest absolute Gasteiger partial charge is 0.496 e. The van der Waals surface area contributed by atoms with Crippen molar-refractivity contribution in [1.29, 1.82) is 0 Å². The highest BCUT2D eigenvalue weighted by Crippen LogP contribution is 2.37. The molecule has 0 aliphatic heterocycles. The van der Waals surface area contributed by atoms with Gasteiger partial charge in [-0.3, -0.25) is 0 Å². The summed E-state index contributed by atoms with van der Waals surface area (Å²) >= 11 is 3.48. The lowest BCUT2D eigenvalue weighted by Crippen LogP contribution is -2.10. The second kappa shape index (κ2) is 4.54. The SMILES string of the molecule is COc1ccc([C@H](N)CC2CC2)cc1Br. The van der Waals surface area contributed by atoms with Gasteiger partial charge in [-0.25, -0.2) is 0 Å². The van der Waals surface area contributed by atoms with Crippen molar-refractivity contribution in [1.82, 2.24) is 0 Å². The molecule has 0 heterocycles. The van der Waals surface area contributed by atoms with Crippen LogP contribution >= 0.6 is 15.9 Å². The molecule has 1 aliphatic carbocycles. The quantitative estimate of drug-likeness (QED) is 0.911. The first-order chi connectivity index (χ1) is 7.20. The van der Waals surface area contributed by atoms with Crippen LogP contribution in [0.4, 0.5) is 0 Å². The molecule has 1 aliphatic rings. The Morgan fingerprint density at radius 3 is 2.80 bits per heavy atom. The van der Waals surface area contributed by atoms with E-state index in [0.717, 1.165) is 22.6 Å². The Kier molecular flexibility index (Phi) is 3.32. The summed E-state index contributed by atoms with van der Waals surface area (Å²) in [5.41, 5.74) is 7.32. The van der Waals surface area contributed by atoms with Crippen LogP contribution in [-0.2, 0) is 0 Å². The molecule has 1 aromatic rings. The molecule has 3 heteroatoms. The minimum Gasteiger partial charge on any atom is -0.496 e. The lowest BCUT2D eigenvalue weighted by atomic mass is 10.0. The molecule has 0 aromatic heterocycles. The van der Waals surface area contributed by atoms with Crippen molar-refractivity contribution in [3.05, 3.63) is 28.2 Å². The maximum Gasteiger partial charge on any atom is 0.133 e. The zero-order chi connectivity index (χ0) is 10.8. The molecule has 0 amide bonds. The van der Waals surface area contributed by atoms with Gasteiger partial charge in [0.05, 0.1) is 11.6 Å². The van der Waals surface area contributed by atoms with Gasteiger partial charge in [0.2, 0.25) is 0 Å². The molecule has 82 valence electrons. The average Bonchev–Trinajstić information content (AvgIpc) is 3.01. The van der Waals surface area contributed by atoms with Crippen LogP contribution < -0.4 is 10.5 Å². The summed E-state index contributed by atoms with van der Waals surface area (Å²) in [5.74, 6) is 1.72. The number of methoxy groups -OCH3 is 1. The Morgan fingerprint density at radius 1 is 1.53 bits per heavy atom. The number of halogens is 1. The Balaban J connectivity index is 2.09. The first-order valence-electron chi connectivity index (χ1n) is 5.29. The molecule has 2 N–H and O–H groups in total. The summed E-state index contributed by atoms with van der Waals surface area (Å²) in [6, 6.07) is 6.24. The molecule has 15 heavy (non-hydrogen) atoms. The highest BCUT2D eigenvalue weighted by molar-refractivity contribution is 9.10. The van der Waals surface area contributed by atoms with Gasteiger partial charge in [0, 0.05) is 6.04 Å². The fourth-order valence-electron chi connectivity index (χ4n) is 1.76. The number of nitrogens with two attached hydrogens (primary N) is 1. The van der Waals surface area contributed by atoms with E-state index in [-0.39, 0.29) is 6.04 Å². The van der Waals surface area contributed by atoms with Gasteiger partial charge in [-0.1, -0.05) is 18.9 Å². The van der Waals surface area contributed by atoms with Crippen molar-refractivity contribution >= 4 is 15.9 Å². The smallest absolute Gasteiger partial charge is 0.133 e. The van der Waals surface area contributed by atoms with Crippen molar-refractivity contribution in [2.75, 3.05) is 7.11 Å². The topological polar surface area (TPSA) is 35.2 Å². The summed E-state index contributed by atoms with van der Waals surface area (Å²) in [4.78, 5) is 0. The van der Waals surface area contributed by atoms with Gasteiger partial charge in [0.25, 0.3) is 0 Å². The number of benzene rings is 1. The van der Waals surface area contributed by atoms with E-state index in [9.17, 15) is 0 Å². The van der Waals surface area contributed by atoms with Gasteiger partial charge in [0.15, 0.2) is 0 Å². The standard InChI is InChI=1S/C12H16BrNO/c1-15-12-5-4-9(7-10(12)13)11(14)6-8-2-3-8/h4-5,7-8,11H,2-3,6,14H2,1H3/t11-/m1/s1. The predicted octanol–water partition coefficient (Wildman–Crippen LogP) is 3.26. The number of ether oxygens (including phenoxy) is 1. The molecule has 0 unspecified atom stereocenters. The molecule has 0 spiro atoms. The third kappa shape index (κ3) is 2.73. The molecule has 0 bridgehead atoms. The Morgan fingerprint density at radius 2 is 2.27 bits per heavy atom. The molecule has 1 aromatic carbocycles. The summed E-state index contributed by atoms with van der Waals surface area (Å²) in [6.07, 6.45) is 3.81. The molecule has 2 rings (SSSR count). The van der Waals surface area contributed by atoms with Crippen molar-refractivity contribution in [2.24, 2.45) is 11.7 Å². The van der Waals surface area contributed by atoms with Gasteiger partial charge < -0.3 is 10.5 Å². The summed E-state index contributed by atoms with van der Waals surface area (Å²) in [6.45, 7) is 0. The minimum atomic E-state index is 0.166. The van der Waals surface area contributed by atoms with Crippen LogP contribution in [0.5, 0.6) is 5.75 Å². The average molecular weight is 270 g/mol. The van der Waals surface area contributed by atoms with E-state index in [1.165, 1.54) is 18.4 Å². The fourth-order valence-corrected chi connectivity index (χ4v) is 2.32. The minimum absolute atomic E-state index is 0.166. The van der Waals surface area contributed by atoms with E-state index in [1.807, 2.05) is 6.07 Å². The van der Waals surface area contributed by atoms with Crippen LogP contribution in [0.2, 0.25) is 0 Å². The van der Waals surface area contributed by atoms with E-state index in [4.69, 9.17) is 10.5 Å². The maximum absolute atomic E-state index is 6.13. The molecular formula is C12H16BrNO. The molecule has 0 radical (unpaired) electrons. The van der Waals surface area contributed by atoms with E-state index in [1.54, 1.807) is 7.11 Å². The highest BCUT2D eigenvalue weighted by atomic mass is 79.9. The van der Waals surface area contributed by atoms with Gasteiger partial charge in [-0.15, -0.1) is 0 Å². The van der Waals surface area contributed by atoms with Crippen LogP contribution in [0, 0.1) is 5.92 Å². The second-order valence-corrected chi connectivity index (χ2v) is 5.03. The summed E-state index contributed by atoms with van der Waals surface area (Å²) in [7, 11) is 1.67. The third-order valence-corrected chi connectivity index (χ3v) is 3.51. The first kappa shape index (κ1) is 11.0. The van der Waals surface area contributed by atoms with Gasteiger partial charge >= 0.3 is 0 Å². The Bertz CT molecular complexity index is 349. The Hall–Kier alpha value is -0.540. The van der Waals surface area contributed by atoms with Crippen LogP contribution in [0.25, 0.3) is 0 Å². The molecule has 2 nitrogen and oxygen atoms in total. The highest BCUT2D eigenvalue weighted by Gasteiger charge is 2.24. The monoisotopic (exact) mass is 269 g/mol.